The number of hydrogen-bond acceptors (Lipinski definition) is 2. The Morgan fingerprint density at radius 3 is 2.29 bits per heavy atom. The van der Waals surface area contributed by atoms with Crippen LogP contribution in [-0.2, 0) is 11.2 Å². The van der Waals surface area contributed by atoms with E-state index in [9.17, 15) is 9.90 Å². The van der Waals surface area contributed by atoms with Crippen LogP contribution in [0, 0.1) is 0 Å². The van der Waals surface area contributed by atoms with E-state index < -0.39 is 12.1 Å². The van der Waals surface area contributed by atoms with Gasteiger partial charge in [-0.25, -0.2) is 4.79 Å². The van der Waals surface area contributed by atoms with Crippen LogP contribution in [0.4, 0.5) is 0 Å². The van der Waals surface area contributed by atoms with Crippen molar-refractivity contribution in [1.82, 2.24) is 0 Å². The first-order valence-corrected chi connectivity index (χ1v) is 8.10. The number of carbonyl (C=O) groups is 1. The lowest BCUT2D eigenvalue weighted by atomic mass is 10.1. The van der Waals surface area contributed by atoms with Gasteiger partial charge in [-0.3, -0.25) is 0 Å². The molecular formula is C19H14Cl2O3. The molecule has 3 aromatic carbocycles. The molecule has 3 rings (SSSR count). The second kappa shape index (κ2) is 7.12. The first-order chi connectivity index (χ1) is 11.5. The predicted octanol–water partition coefficient (Wildman–Crippen LogP) is 5.22. The van der Waals surface area contributed by atoms with Crippen LogP contribution in [-0.4, -0.2) is 17.2 Å². The van der Waals surface area contributed by atoms with Gasteiger partial charge < -0.3 is 9.84 Å². The van der Waals surface area contributed by atoms with Crippen molar-refractivity contribution < 1.29 is 14.6 Å². The summed E-state index contributed by atoms with van der Waals surface area (Å²) in [5.74, 6) is -0.534. The highest BCUT2D eigenvalue weighted by Gasteiger charge is 2.20. The lowest BCUT2D eigenvalue weighted by Crippen LogP contribution is -2.29. The Labute approximate surface area is 149 Å². The van der Waals surface area contributed by atoms with Crippen molar-refractivity contribution in [3.8, 4) is 5.75 Å². The van der Waals surface area contributed by atoms with E-state index in [2.05, 4.69) is 0 Å². The highest BCUT2D eigenvalue weighted by Crippen LogP contribution is 2.24. The molecule has 1 N–H and O–H groups in total. The van der Waals surface area contributed by atoms with Crippen molar-refractivity contribution in [3.63, 3.8) is 0 Å². The van der Waals surface area contributed by atoms with Gasteiger partial charge in [0.1, 0.15) is 5.75 Å². The van der Waals surface area contributed by atoms with Crippen molar-refractivity contribution >= 4 is 39.9 Å². The van der Waals surface area contributed by atoms with E-state index in [0.717, 1.165) is 10.8 Å². The quantitative estimate of drug-likeness (QED) is 0.678. The minimum atomic E-state index is -1.04. The molecule has 0 radical (unpaired) electrons. The summed E-state index contributed by atoms with van der Waals surface area (Å²) in [6, 6.07) is 18.3. The van der Waals surface area contributed by atoms with Crippen LogP contribution in [0.15, 0.2) is 60.7 Å². The number of ether oxygens (including phenoxy) is 1. The number of rotatable bonds is 5. The highest BCUT2D eigenvalue weighted by molar-refractivity contribution is 6.34. The molecule has 0 saturated carbocycles. The summed E-state index contributed by atoms with van der Waals surface area (Å²) in [4.78, 5) is 11.6. The number of hydrogen-bond donors (Lipinski definition) is 1. The third kappa shape index (κ3) is 3.99. The summed E-state index contributed by atoms with van der Waals surface area (Å²) >= 11 is 11.9. The standard InChI is InChI=1S/C19H14Cl2O3/c20-15-7-12(8-16(21)11-15)9-18(19(22)23)24-17-6-5-13-3-1-2-4-14(13)10-17/h1-8,10-11,18H,9H2,(H,22,23). The van der Waals surface area contributed by atoms with Crippen molar-refractivity contribution in [2.75, 3.05) is 0 Å². The topological polar surface area (TPSA) is 46.5 Å². The monoisotopic (exact) mass is 360 g/mol. The largest absolute Gasteiger partial charge is 0.478 e. The Morgan fingerprint density at radius 1 is 0.958 bits per heavy atom. The summed E-state index contributed by atoms with van der Waals surface area (Å²) in [5, 5.41) is 12.4. The molecule has 122 valence electrons. The molecule has 0 aliphatic rings. The molecular weight excluding hydrogens is 347 g/mol. The fraction of sp³-hybridized carbons (Fsp3) is 0.105. The molecule has 5 heteroatoms. The predicted molar refractivity (Wildman–Crippen MR) is 96.2 cm³/mol. The number of aliphatic carboxylic acids is 1. The summed E-state index contributed by atoms with van der Waals surface area (Å²) in [5.41, 5.74) is 0.709. The second-order valence-corrected chi connectivity index (χ2v) is 6.31. The van der Waals surface area contributed by atoms with Crippen LogP contribution in [0.2, 0.25) is 10.0 Å². The molecule has 0 heterocycles. The lowest BCUT2D eigenvalue weighted by molar-refractivity contribution is -0.145. The van der Waals surface area contributed by atoms with Gasteiger partial charge in [-0.1, -0.05) is 53.5 Å². The number of carboxylic acid groups (broad SMARTS) is 1. The molecule has 0 aliphatic heterocycles. The Morgan fingerprint density at radius 2 is 1.62 bits per heavy atom. The van der Waals surface area contributed by atoms with Gasteiger partial charge in [0.15, 0.2) is 6.10 Å². The Balaban J connectivity index is 1.83. The molecule has 0 aromatic heterocycles. The molecule has 1 unspecified atom stereocenters. The molecule has 0 amide bonds. The van der Waals surface area contributed by atoms with E-state index in [4.69, 9.17) is 27.9 Å². The van der Waals surface area contributed by atoms with Crippen molar-refractivity contribution in [2.24, 2.45) is 0 Å². The number of halogens is 2. The van der Waals surface area contributed by atoms with Gasteiger partial charge in [0.2, 0.25) is 0 Å². The molecule has 1 atom stereocenters. The van der Waals surface area contributed by atoms with Gasteiger partial charge in [-0.2, -0.15) is 0 Å². The van der Waals surface area contributed by atoms with Gasteiger partial charge in [-0.15, -0.1) is 0 Å². The number of fused-ring (bicyclic) bond motifs is 1. The zero-order valence-corrected chi connectivity index (χ0v) is 14.1. The molecule has 0 bridgehead atoms. The normalized spacial score (nSPS) is 12.1. The van der Waals surface area contributed by atoms with E-state index in [-0.39, 0.29) is 6.42 Å². The summed E-state index contributed by atoms with van der Waals surface area (Å²) in [7, 11) is 0. The van der Waals surface area contributed by atoms with E-state index >= 15 is 0 Å². The molecule has 3 aromatic rings. The third-order valence-electron chi connectivity index (χ3n) is 3.62. The average Bonchev–Trinajstić information content (AvgIpc) is 2.53. The molecule has 24 heavy (non-hydrogen) atoms. The molecule has 3 nitrogen and oxygen atoms in total. The van der Waals surface area contributed by atoms with Gasteiger partial charge in [-0.05, 0) is 46.7 Å². The van der Waals surface area contributed by atoms with Crippen LogP contribution in [0.1, 0.15) is 5.56 Å². The Bertz CT molecular complexity index is 872. The highest BCUT2D eigenvalue weighted by atomic mass is 35.5. The minimum absolute atomic E-state index is 0.169. The van der Waals surface area contributed by atoms with E-state index in [1.165, 1.54) is 0 Å². The summed E-state index contributed by atoms with van der Waals surface area (Å²) < 4.78 is 5.68. The fourth-order valence-electron chi connectivity index (χ4n) is 2.53. The third-order valence-corrected chi connectivity index (χ3v) is 4.05. The first kappa shape index (κ1) is 16.6. The van der Waals surface area contributed by atoms with E-state index in [1.54, 1.807) is 24.3 Å². The summed E-state index contributed by atoms with van der Waals surface area (Å²) in [6.45, 7) is 0. The SMILES string of the molecule is O=C(O)C(Cc1cc(Cl)cc(Cl)c1)Oc1ccc2ccccc2c1. The van der Waals surface area contributed by atoms with Gasteiger partial charge in [0.05, 0.1) is 0 Å². The first-order valence-electron chi connectivity index (χ1n) is 7.34. The number of benzene rings is 3. The molecule has 0 aliphatic carbocycles. The van der Waals surface area contributed by atoms with Crippen LogP contribution in [0.5, 0.6) is 5.75 Å². The molecule has 0 spiro atoms. The van der Waals surface area contributed by atoms with Crippen molar-refractivity contribution in [2.45, 2.75) is 12.5 Å². The van der Waals surface area contributed by atoms with Crippen LogP contribution >= 0.6 is 23.2 Å². The maximum Gasteiger partial charge on any atom is 0.345 e. The minimum Gasteiger partial charge on any atom is -0.478 e. The zero-order valence-electron chi connectivity index (χ0n) is 12.6. The number of carboxylic acids is 1. The molecule has 0 saturated heterocycles. The fourth-order valence-corrected chi connectivity index (χ4v) is 3.10. The van der Waals surface area contributed by atoms with E-state index in [1.807, 2.05) is 36.4 Å². The van der Waals surface area contributed by atoms with E-state index in [0.29, 0.717) is 21.4 Å². The summed E-state index contributed by atoms with van der Waals surface area (Å²) in [6.07, 6.45) is -0.858. The van der Waals surface area contributed by atoms with Gasteiger partial charge in [0, 0.05) is 16.5 Å². The zero-order chi connectivity index (χ0) is 17.1. The molecule has 0 fully saturated rings. The average molecular weight is 361 g/mol. The Kier molecular flexibility index (Phi) is 4.93. The Hall–Kier alpha value is -2.23. The smallest absolute Gasteiger partial charge is 0.345 e. The van der Waals surface area contributed by atoms with Crippen LogP contribution in [0.25, 0.3) is 10.8 Å². The van der Waals surface area contributed by atoms with Gasteiger partial charge >= 0.3 is 5.97 Å². The maximum atomic E-state index is 11.6. The van der Waals surface area contributed by atoms with Gasteiger partial charge in [0.25, 0.3) is 0 Å². The maximum absolute atomic E-state index is 11.6. The van der Waals surface area contributed by atoms with Crippen molar-refractivity contribution in [1.29, 1.82) is 0 Å². The second-order valence-electron chi connectivity index (χ2n) is 5.44. The lowest BCUT2D eigenvalue weighted by Gasteiger charge is -2.16. The van der Waals surface area contributed by atoms with Crippen molar-refractivity contribution in [3.05, 3.63) is 76.3 Å². The van der Waals surface area contributed by atoms with Crippen LogP contribution < -0.4 is 4.74 Å². The van der Waals surface area contributed by atoms with Crippen LogP contribution in [0.3, 0.4) is 0 Å².